The molecule has 2 heterocycles. The molecule has 0 unspecified atom stereocenters. The summed E-state index contributed by atoms with van der Waals surface area (Å²) in [5.74, 6) is 0.944. The number of nitrogens with zero attached hydrogens (tertiary/aromatic N) is 1. The molecule has 8 heteroatoms. The average molecular weight is 379 g/mol. The van der Waals surface area contributed by atoms with E-state index in [1.54, 1.807) is 6.08 Å². The van der Waals surface area contributed by atoms with E-state index in [1.807, 2.05) is 18.2 Å². The normalized spacial score (nSPS) is 18.0. The van der Waals surface area contributed by atoms with Crippen molar-refractivity contribution in [1.82, 2.24) is 4.90 Å². The predicted molar refractivity (Wildman–Crippen MR) is 98.6 cm³/mol. The summed E-state index contributed by atoms with van der Waals surface area (Å²) in [7, 11) is 1.35. The Balaban J connectivity index is 1.68. The maximum Gasteiger partial charge on any atom is 0.305 e. The van der Waals surface area contributed by atoms with Crippen molar-refractivity contribution in [1.29, 1.82) is 0 Å². The molecule has 0 aromatic heterocycles. The lowest BCUT2D eigenvalue weighted by Crippen LogP contribution is -2.29. The number of hydrogen-bond donors (Lipinski definition) is 0. The molecule has 0 atom stereocenters. The van der Waals surface area contributed by atoms with Gasteiger partial charge in [0, 0.05) is 13.0 Å². The highest BCUT2D eigenvalue weighted by Crippen LogP contribution is 2.35. The number of rotatable bonds is 5. The summed E-state index contributed by atoms with van der Waals surface area (Å²) in [6.45, 7) is 1.45. The first-order valence-electron chi connectivity index (χ1n) is 7.80. The van der Waals surface area contributed by atoms with Gasteiger partial charge in [0.25, 0.3) is 5.91 Å². The molecule has 6 nitrogen and oxygen atoms in total. The standard InChI is InChI=1S/C17H17NO5S2/c1-21-15(19)3-2-6-18-16(20)14(25-17(18)24)10-11-4-5-12-13(9-11)23-8-7-22-12/h4-5,9-10H,2-3,6-8H2,1H3. The SMILES string of the molecule is COC(=O)CCCN1C(=O)C(=Cc2ccc3c(c2)OCCO3)SC1=S. The van der Waals surface area contributed by atoms with Gasteiger partial charge < -0.3 is 14.2 Å². The van der Waals surface area contributed by atoms with Crippen LogP contribution in [0.4, 0.5) is 0 Å². The largest absolute Gasteiger partial charge is 0.486 e. The van der Waals surface area contributed by atoms with Crippen LogP contribution in [0.2, 0.25) is 0 Å². The van der Waals surface area contributed by atoms with Gasteiger partial charge in [-0.05, 0) is 30.2 Å². The molecule has 1 aromatic rings. The zero-order valence-electron chi connectivity index (χ0n) is 13.6. The van der Waals surface area contributed by atoms with E-state index in [1.165, 1.54) is 23.8 Å². The second-order valence-corrected chi connectivity index (χ2v) is 7.09. The van der Waals surface area contributed by atoms with Crippen LogP contribution in [-0.4, -0.2) is 48.0 Å². The van der Waals surface area contributed by atoms with Crippen molar-refractivity contribution in [2.45, 2.75) is 12.8 Å². The average Bonchev–Trinajstić information content (AvgIpc) is 2.88. The lowest BCUT2D eigenvalue weighted by molar-refractivity contribution is -0.141. The number of hydrogen-bond acceptors (Lipinski definition) is 7. The van der Waals surface area contributed by atoms with Gasteiger partial charge in [0.1, 0.15) is 17.5 Å². The predicted octanol–water partition coefficient (Wildman–Crippen LogP) is 2.61. The van der Waals surface area contributed by atoms with Crippen LogP contribution in [0.5, 0.6) is 11.5 Å². The van der Waals surface area contributed by atoms with Gasteiger partial charge in [-0.3, -0.25) is 14.5 Å². The molecule has 0 saturated carbocycles. The minimum absolute atomic E-state index is 0.144. The molecular formula is C17H17NO5S2. The summed E-state index contributed by atoms with van der Waals surface area (Å²) in [6, 6.07) is 5.55. The van der Waals surface area contributed by atoms with E-state index in [0.29, 0.717) is 46.9 Å². The molecular weight excluding hydrogens is 362 g/mol. The number of benzene rings is 1. The van der Waals surface area contributed by atoms with Crippen LogP contribution in [0.1, 0.15) is 18.4 Å². The number of carbonyl (C=O) groups is 2. The third-order valence-corrected chi connectivity index (χ3v) is 5.11. The summed E-state index contributed by atoms with van der Waals surface area (Å²) in [5.41, 5.74) is 0.847. The second kappa shape index (κ2) is 7.88. The highest BCUT2D eigenvalue weighted by Gasteiger charge is 2.31. The van der Waals surface area contributed by atoms with Crippen molar-refractivity contribution in [3.05, 3.63) is 28.7 Å². The number of amides is 1. The van der Waals surface area contributed by atoms with Crippen LogP contribution < -0.4 is 9.47 Å². The van der Waals surface area contributed by atoms with Crippen LogP contribution in [0, 0.1) is 0 Å². The Kier molecular flexibility index (Phi) is 5.60. The van der Waals surface area contributed by atoms with Crippen LogP contribution in [0.3, 0.4) is 0 Å². The Hall–Kier alpha value is -2.06. The van der Waals surface area contributed by atoms with E-state index in [2.05, 4.69) is 4.74 Å². The third kappa shape index (κ3) is 4.13. The topological polar surface area (TPSA) is 65.1 Å². The Morgan fingerprint density at radius 1 is 1.36 bits per heavy atom. The molecule has 1 fully saturated rings. The third-order valence-electron chi connectivity index (χ3n) is 3.73. The molecule has 2 aliphatic heterocycles. The van der Waals surface area contributed by atoms with Crippen molar-refractivity contribution in [3.8, 4) is 11.5 Å². The molecule has 2 aliphatic rings. The molecule has 0 bridgehead atoms. The molecule has 1 aromatic carbocycles. The van der Waals surface area contributed by atoms with Crippen molar-refractivity contribution >= 4 is 46.3 Å². The summed E-state index contributed by atoms with van der Waals surface area (Å²) < 4.78 is 16.1. The molecule has 0 aliphatic carbocycles. The summed E-state index contributed by atoms with van der Waals surface area (Å²) in [5, 5.41) is 0. The minimum atomic E-state index is -0.294. The van der Waals surface area contributed by atoms with Gasteiger partial charge in [0.05, 0.1) is 12.0 Å². The zero-order valence-corrected chi connectivity index (χ0v) is 15.3. The van der Waals surface area contributed by atoms with Crippen molar-refractivity contribution in [2.75, 3.05) is 26.9 Å². The quantitative estimate of drug-likeness (QED) is 0.443. The van der Waals surface area contributed by atoms with E-state index < -0.39 is 0 Å². The van der Waals surface area contributed by atoms with Crippen molar-refractivity contribution < 1.29 is 23.8 Å². The van der Waals surface area contributed by atoms with E-state index in [-0.39, 0.29) is 18.3 Å². The van der Waals surface area contributed by atoms with Crippen molar-refractivity contribution in [3.63, 3.8) is 0 Å². The molecule has 0 spiro atoms. The molecule has 3 rings (SSSR count). The number of carbonyl (C=O) groups excluding carboxylic acids is 2. The second-order valence-electron chi connectivity index (χ2n) is 5.42. The van der Waals surface area contributed by atoms with Gasteiger partial charge in [-0.1, -0.05) is 30.0 Å². The van der Waals surface area contributed by atoms with Gasteiger partial charge >= 0.3 is 5.97 Å². The van der Waals surface area contributed by atoms with Gasteiger partial charge in [-0.25, -0.2) is 0 Å². The zero-order chi connectivity index (χ0) is 17.8. The smallest absolute Gasteiger partial charge is 0.305 e. The number of ether oxygens (including phenoxy) is 3. The Morgan fingerprint density at radius 2 is 2.12 bits per heavy atom. The van der Waals surface area contributed by atoms with Crippen molar-refractivity contribution in [2.24, 2.45) is 0 Å². The van der Waals surface area contributed by atoms with Crippen LogP contribution >= 0.6 is 24.0 Å². The number of methoxy groups -OCH3 is 1. The fraction of sp³-hybridized carbons (Fsp3) is 0.353. The van der Waals surface area contributed by atoms with Gasteiger partial charge in [0.15, 0.2) is 11.5 Å². The number of fused-ring (bicyclic) bond motifs is 1. The summed E-state index contributed by atoms with van der Waals surface area (Å²) >= 11 is 6.54. The number of thiocarbonyl (C=S) groups is 1. The van der Waals surface area contributed by atoms with Gasteiger partial charge in [0.2, 0.25) is 0 Å². The Bertz CT molecular complexity index is 747. The van der Waals surface area contributed by atoms with Gasteiger partial charge in [-0.2, -0.15) is 0 Å². The fourth-order valence-corrected chi connectivity index (χ4v) is 3.79. The Labute approximate surface area is 155 Å². The van der Waals surface area contributed by atoms with E-state index >= 15 is 0 Å². The van der Waals surface area contributed by atoms with E-state index in [0.717, 1.165) is 5.56 Å². The van der Waals surface area contributed by atoms with Crippen LogP contribution in [0.25, 0.3) is 6.08 Å². The molecule has 132 valence electrons. The lowest BCUT2D eigenvalue weighted by atomic mass is 10.1. The molecule has 0 N–H and O–H groups in total. The van der Waals surface area contributed by atoms with E-state index in [9.17, 15) is 9.59 Å². The highest BCUT2D eigenvalue weighted by atomic mass is 32.2. The molecule has 1 saturated heterocycles. The number of thioether (sulfide) groups is 1. The first kappa shape index (κ1) is 17.8. The monoisotopic (exact) mass is 379 g/mol. The molecule has 1 amide bonds. The molecule has 0 radical (unpaired) electrons. The van der Waals surface area contributed by atoms with Gasteiger partial charge in [-0.15, -0.1) is 0 Å². The van der Waals surface area contributed by atoms with Crippen LogP contribution in [0.15, 0.2) is 23.1 Å². The Morgan fingerprint density at radius 3 is 2.88 bits per heavy atom. The summed E-state index contributed by atoms with van der Waals surface area (Å²) in [6.07, 6.45) is 2.56. The minimum Gasteiger partial charge on any atom is -0.486 e. The van der Waals surface area contributed by atoms with Crippen LogP contribution in [-0.2, 0) is 14.3 Å². The van der Waals surface area contributed by atoms with E-state index in [4.69, 9.17) is 21.7 Å². The fourth-order valence-electron chi connectivity index (χ4n) is 2.48. The first-order chi connectivity index (χ1) is 12.1. The highest BCUT2D eigenvalue weighted by molar-refractivity contribution is 8.26. The maximum absolute atomic E-state index is 12.5. The lowest BCUT2D eigenvalue weighted by Gasteiger charge is -2.18. The molecule has 25 heavy (non-hydrogen) atoms. The summed E-state index contributed by atoms with van der Waals surface area (Å²) in [4.78, 5) is 25.8. The number of esters is 1. The maximum atomic E-state index is 12.5. The first-order valence-corrected chi connectivity index (χ1v) is 9.03.